The first-order chi connectivity index (χ1) is 21.2. The first kappa shape index (κ1) is 29.0. The van der Waals surface area contributed by atoms with Crippen LogP contribution in [0, 0.1) is 13.8 Å². The molecule has 3 N–H and O–H groups in total. The standard InChI is InChI=1S/C30H32N2O11S/c1-11-5-14-6-15-29(36)32-16-7-39-30(37)17(40-9-33)8-44-28(22(32)21(31-15)18(14)23(35)24(11)38-4)20-19(16)27-26(41-10-42-27)12(2)25(20)43-13(3)34/h5,9,15-17,21-22,28-29,31,35-36H,6-8,10H2,1-4H3/t15-,16-,17-,21-,22?,28+,29-/m0/s1. The van der Waals surface area contributed by atoms with E-state index < -0.39 is 53.7 Å². The fourth-order valence-electron chi connectivity index (χ4n) is 7.53. The van der Waals surface area contributed by atoms with E-state index >= 15 is 0 Å². The van der Waals surface area contributed by atoms with Crippen molar-refractivity contribution in [2.45, 2.75) is 68.9 Å². The smallest absolute Gasteiger partial charge is 0.348 e. The Kier molecular flexibility index (Phi) is 7.07. The molecule has 14 heteroatoms. The second kappa shape index (κ2) is 10.7. The monoisotopic (exact) mass is 628 g/mol. The fourth-order valence-corrected chi connectivity index (χ4v) is 9.02. The first-order valence-corrected chi connectivity index (χ1v) is 15.3. The van der Waals surface area contributed by atoms with Gasteiger partial charge in [0.1, 0.15) is 18.6 Å². The molecule has 5 aliphatic rings. The highest BCUT2D eigenvalue weighted by Gasteiger charge is 2.58. The Balaban J connectivity index is 1.51. The minimum atomic E-state index is -1.19. The van der Waals surface area contributed by atoms with Crippen molar-refractivity contribution in [1.29, 1.82) is 0 Å². The molecule has 1 unspecified atom stereocenters. The SMILES string of the molecule is COc1c(C)cc2c(c1O)[C@@H]1N[C@@H](C2)[C@H](O)N2C1[C@@H]1SC[C@H](OC=O)C(=O)OC[C@H]2c2c3c(c(C)c(OC(C)=O)c21)OCO3. The summed E-state index contributed by atoms with van der Waals surface area (Å²) >= 11 is 1.30. The molecule has 2 saturated heterocycles. The summed E-state index contributed by atoms with van der Waals surface area (Å²) in [5.41, 5.74) is 4.05. The number of carbonyl (C=O) groups is 3. The number of ether oxygens (including phenoxy) is 6. The molecular weight excluding hydrogens is 596 g/mol. The van der Waals surface area contributed by atoms with Gasteiger partial charge in [0.2, 0.25) is 12.9 Å². The molecule has 0 radical (unpaired) electrons. The van der Waals surface area contributed by atoms with Gasteiger partial charge in [-0.05, 0) is 31.4 Å². The van der Waals surface area contributed by atoms with Crippen molar-refractivity contribution in [1.82, 2.24) is 10.2 Å². The molecule has 0 aliphatic carbocycles. The second-order valence-corrected chi connectivity index (χ2v) is 12.7. The number of methoxy groups -OCH3 is 1. The van der Waals surface area contributed by atoms with Gasteiger partial charge in [-0.3, -0.25) is 14.5 Å². The van der Waals surface area contributed by atoms with E-state index in [2.05, 4.69) is 5.32 Å². The van der Waals surface area contributed by atoms with Gasteiger partial charge in [0, 0.05) is 41.0 Å². The lowest BCUT2D eigenvalue weighted by Crippen LogP contribution is -2.69. The number of thioether (sulfide) groups is 1. The van der Waals surface area contributed by atoms with Crippen LogP contribution in [0.2, 0.25) is 0 Å². The lowest BCUT2D eigenvalue weighted by molar-refractivity contribution is -0.169. The maximum absolute atomic E-state index is 13.1. The van der Waals surface area contributed by atoms with Gasteiger partial charge >= 0.3 is 11.9 Å². The Morgan fingerprint density at radius 2 is 1.93 bits per heavy atom. The van der Waals surface area contributed by atoms with Crippen molar-refractivity contribution in [2.24, 2.45) is 0 Å². The summed E-state index contributed by atoms with van der Waals surface area (Å²) < 4.78 is 34.2. The number of aromatic hydroxyl groups is 1. The van der Waals surface area contributed by atoms with E-state index in [1.54, 1.807) is 6.92 Å². The molecule has 0 spiro atoms. The third-order valence-electron chi connectivity index (χ3n) is 9.17. The van der Waals surface area contributed by atoms with Crippen LogP contribution in [0.4, 0.5) is 0 Å². The van der Waals surface area contributed by atoms with Crippen LogP contribution in [0.3, 0.4) is 0 Å². The maximum atomic E-state index is 13.1. The van der Waals surface area contributed by atoms with Crippen molar-refractivity contribution >= 4 is 30.2 Å². The van der Waals surface area contributed by atoms with Gasteiger partial charge in [0.15, 0.2) is 23.0 Å². The van der Waals surface area contributed by atoms with Gasteiger partial charge in [-0.2, -0.15) is 0 Å². The fraction of sp³-hybridized carbons (Fsp3) is 0.500. The van der Waals surface area contributed by atoms with Crippen LogP contribution in [0.15, 0.2) is 6.07 Å². The summed E-state index contributed by atoms with van der Waals surface area (Å²) in [4.78, 5) is 38.8. The van der Waals surface area contributed by atoms with Crippen molar-refractivity contribution in [2.75, 3.05) is 26.3 Å². The number of carbonyl (C=O) groups excluding carboxylic acids is 3. The number of rotatable bonds is 4. The molecule has 2 aromatic carbocycles. The number of esters is 2. The number of cyclic esters (lactones) is 1. The predicted octanol–water partition coefficient (Wildman–Crippen LogP) is 1.86. The van der Waals surface area contributed by atoms with Gasteiger partial charge < -0.3 is 44.0 Å². The molecular formula is C30H32N2O11S. The Labute approximate surface area is 256 Å². The number of aliphatic hydroxyl groups is 1. The number of fused-ring (bicyclic) bond motifs is 9. The molecule has 0 amide bonds. The Hall–Kier alpha value is -3.72. The van der Waals surface area contributed by atoms with Gasteiger partial charge in [-0.25, -0.2) is 4.79 Å². The summed E-state index contributed by atoms with van der Waals surface area (Å²) in [5.74, 6) is 0.228. The van der Waals surface area contributed by atoms with Crippen molar-refractivity contribution in [3.8, 4) is 28.7 Å². The van der Waals surface area contributed by atoms with E-state index in [1.807, 2.05) is 17.9 Å². The zero-order valence-corrected chi connectivity index (χ0v) is 25.3. The summed E-state index contributed by atoms with van der Waals surface area (Å²) in [6.45, 7) is 4.86. The molecule has 2 fully saturated rings. The normalized spacial score (nSPS) is 29.9. The molecule has 234 valence electrons. The minimum absolute atomic E-state index is 0.00338. The van der Waals surface area contributed by atoms with Crippen molar-refractivity contribution in [3.05, 3.63) is 39.4 Å². The van der Waals surface area contributed by atoms with E-state index in [1.165, 1.54) is 25.8 Å². The van der Waals surface area contributed by atoms with E-state index in [9.17, 15) is 24.6 Å². The number of nitrogens with one attached hydrogen (secondary N) is 1. The third-order valence-corrected chi connectivity index (χ3v) is 10.5. The van der Waals surface area contributed by atoms with E-state index in [0.29, 0.717) is 45.9 Å². The molecule has 5 aliphatic heterocycles. The Morgan fingerprint density at radius 1 is 1.16 bits per heavy atom. The van der Waals surface area contributed by atoms with E-state index in [0.717, 1.165) is 11.1 Å². The quantitative estimate of drug-likeness (QED) is 0.255. The van der Waals surface area contributed by atoms with Gasteiger partial charge in [-0.1, -0.05) is 6.07 Å². The summed E-state index contributed by atoms with van der Waals surface area (Å²) in [5, 5.41) is 26.6. The predicted molar refractivity (Wildman–Crippen MR) is 153 cm³/mol. The number of aliphatic hydroxyl groups excluding tert-OH is 1. The number of piperazine rings is 1. The van der Waals surface area contributed by atoms with E-state index in [4.69, 9.17) is 28.4 Å². The molecule has 44 heavy (non-hydrogen) atoms. The lowest BCUT2D eigenvalue weighted by Gasteiger charge is -2.59. The van der Waals surface area contributed by atoms with E-state index in [-0.39, 0.29) is 37.1 Å². The first-order valence-electron chi connectivity index (χ1n) is 14.3. The van der Waals surface area contributed by atoms with Gasteiger partial charge in [0.25, 0.3) is 6.47 Å². The highest BCUT2D eigenvalue weighted by molar-refractivity contribution is 7.99. The number of hydrogen-bond donors (Lipinski definition) is 3. The zero-order valence-electron chi connectivity index (χ0n) is 24.4. The number of hydrogen-bond acceptors (Lipinski definition) is 14. The van der Waals surface area contributed by atoms with Crippen LogP contribution < -0.4 is 24.3 Å². The minimum Gasteiger partial charge on any atom is -0.504 e. The molecule has 0 aromatic heterocycles. The second-order valence-electron chi connectivity index (χ2n) is 11.5. The average molecular weight is 629 g/mol. The lowest BCUT2D eigenvalue weighted by atomic mass is 9.74. The van der Waals surface area contributed by atoms with Crippen LogP contribution in [-0.2, 0) is 30.3 Å². The number of aryl methyl sites for hydroxylation is 1. The maximum Gasteiger partial charge on any atom is 0.348 e. The summed E-state index contributed by atoms with van der Waals surface area (Å²) in [6.07, 6.45) is -1.82. The van der Waals surface area contributed by atoms with Gasteiger partial charge in [-0.15, -0.1) is 11.8 Å². The van der Waals surface area contributed by atoms with Crippen LogP contribution in [0.1, 0.15) is 57.6 Å². The average Bonchev–Trinajstić information content (AvgIpc) is 3.48. The third kappa shape index (κ3) is 4.15. The topological polar surface area (TPSA) is 162 Å². The molecule has 5 heterocycles. The molecule has 4 bridgehead atoms. The molecule has 7 atom stereocenters. The molecule has 0 saturated carbocycles. The van der Waals surface area contributed by atoms with Gasteiger partial charge in [0.05, 0.1) is 30.5 Å². The van der Waals surface area contributed by atoms with Crippen LogP contribution >= 0.6 is 11.8 Å². The van der Waals surface area contributed by atoms with Crippen molar-refractivity contribution < 1.29 is 53.0 Å². The van der Waals surface area contributed by atoms with Crippen LogP contribution in [0.25, 0.3) is 0 Å². The molecule has 7 rings (SSSR count). The highest BCUT2D eigenvalue weighted by Crippen LogP contribution is 2.62. The number of benzene rings is 2. The number of phenols is 1. The number of phenolic OH excluding ortho intramolecular Hbond substituents is 1. The zero-order chi connectivity index (χ0) is 31.0. The summed E-state index contributed by atoms with van der Waals surface area (Å²) in [7, 11) is 1.50. The van der Waals surface area contributed by atoms with Crippen LogP contribution in [-0.4, -0.2) is 84.2 Å². The molecule has 13 nitrogen and oxygen atoms in total. The highest BCUT2D eigenvalue weighted by atomic mass is 32.2. The van der Waals surface area contributed by atoms with Crippen LogP contribution in [0.5, 0.6) is 28.7 Å². The Bertz CT molecular complexity index is 1580. The molecule has 2 aromatic rings. The largest absolute Gasteiger partial charge is 0.504 e. The summed E-state index contributed by atoms with van der Waals surface area (Å²) in [6, 6.07) is -0.359. The van der Waals surface area contributed by atoms with Crippen molar-refractivity contribution in [3.63, 3.8) is 0 Å². The Morgan fingerprint density at radius 3 is 2.66 bits per heavy atom. The number of nitrogens with zero attached hydrogens (tertiary/aromatic N) is 1.